The quantitative estimate of drug-likeness (QED) is 0.886. The summed E-state index contributed by atoms with van der Waals surface area (Å²) < 4.78 is 12.8. The van der Waals surface area contributed by atoms with Crippen molar-refractivity contribution in [2.24, 2.45) is 17.6 Å². The molecule has 1 heterocycles. The maximum Gasteiger partial charge on any atom is 0.234 e. The van der Waals surface area contributed by atoms with Gasteiger partial charge in [-0.1, -0.05) is 18.6 Å². The van der Waals surface area contributed by atoms with E-state index in [1.807, 2.05) is 0 Å². The number of fused-ring (bicyclic) bond motifs is 1. The first-order valence-corrected chi connectivity index (χ1v) is 8.11. The molecule has 3 atom stereocenters. The second kappa shape index (κ2) is 6.75. The van der Waals surface area contributed by atoms with Crippen molar-refractivity contribution >= 4 is 5.91 Å². The number of hydrogen-bond donors (Lipinski definition) is 2. The van der Waals surface area contributed by atoms with E-state index in [9.17, 15) is 9.18 Å². The van der Waals surface area contributed by atoms with Gasteiger partial charge in [0.25, 0.3) is 0 Å². The van der Waals surface area contributed by atoms with E-state index in [0.717, 1.165) is 25.1 Å². The highest BCUT2D eigenvalue weighted by atomic mass is 19.1. The molecule has 3 unspecified atom stereocenters. The molecule has 5 heteroatoms. The molecule has 1 saturated heterocycles. The van der Waals surface area contributed by atoms with Crippen LogP contribution < -0.4 is 11.1 Å². The van der Waals surface area contributed by atoms with Crippen molar-refractivity contribution in [2.75, 3.05) is 19.6 Å². The zero-order chi connectivity index (χ0) is 15.5. The lowest BCUT2D eigenvalue weighted by atomic mass is 9.78. The smallest absolute Gasteiger partial charge is 0.234 e. The standard InChI is InChI=1S/C17H24FN3O/c18-14-6-4-12(5-7-14)8-20-17(22)11-21-9-13-2-1-3-16(19)15(13)10-21/h4-7,13,15-16H,1-3,8-11,19H2,(H,20,22). The summed E-state index contributed by atoms with van der Waals surface area (Å²) in [6.45, 7) is 2.80. The molecule has 3 rings (SSSR count). The van der Waals surface area contributed by atoms with Crippen molar-refractivity contribution in [1.82, 2.24) is 10.2 Å². The van der Waals surface area contributed by atoms with E-state index >= 15 is 0 Å². The third kappa shape index (κ3) is 3.65. The second-order valence-corrected chi connectivity index (χ2v) is 6.62. The predicted molar refractivity (Wildman–Crippen MR) is 83.5 cm³/mol. The van der Waals surface area contributed by atoms with Crippen molar-refractivity contribution < 1.29 is 9.18 Å². The summed E-state index contributed by atoms with van der Waals surface area (Å²) in [5.41, 5.74) is 7.11. The van der Waals surface area contributed by atoms with Gasteiger partial charge >= 0.3 is 0 Å². The van der Waals surface area contributed by atoms with E-state index in [0.29, 0.717) is 31.0 Å². The van der Waals surface area contributed by atoms with Gasteiger partial charge in [0.1, 0.15) is 5.82 Å². The van der Waals surface area contributed by atoms with Crippen molar-refractivity contribution in [1.29, 1.82) is 0 Å². The third-order valence-electron chi connectivity index (χ3n) is 5.00. The third-order valence-corrected chi connectivity index (χ3v) is 5.00. The molecule has 1 saturated carbocycles. The number of amides is 1. The molecule has 1 aromatic carbocycles. The second-order valence-electron chi connectivity index (χ2n) is 6.62. The molecule has 0 spiro atoms. The first kappa shape index (κ1) is 15.4. The lowest BCUT2D eigenvalue weighted by Gasteiger charge is -2.29. The molecule has 1 aliphatic heterocycles. The van der Waals surface area contributed by atoms with Gasteiger partial charge in [-0.15, -0.1) is 0 Å². The summed E-state index contributed by atoms with van der Waals surface area (Å²) in [7, 11) is 0. The Labute approximate surface area is 130 Å². The highest BCUT2D eigenvalue weighted by Crippen LogP contribution is 2.35. The summed E-state index contributed by atoms with van der Waals surface area (Å²) in [6, 6.07) is 6.51. The molecule has 1 amide bonds. The molecule has 2 fully saturated rings. The number of hydrogen-bond acceptors (Lipinski definition) is 3. The van der Waals surface area contributed by atoms with Crippen LogP contribution >= 0.6 is 0 Å². The minimum atomic E-state index is -0.258. The van der Waals surface area contributed by atoms with Gasteiger partial charge in [-0.3, -0.25) is 9.69 Å². The lowest BCUT2D eigenvalue weighted by molar-refractivity contribution is -0.122. The van der Waals surface area contributed by atoms with Crippen molar-refractivity contribution in [2.45, 2.75) is 31.8 Å². The van der Waals surface area contributed by atoms with Crippen LogP contribution in [0.4, 0.5) is 4.39 Å². The molecule has 0 bridgehead atoms. The summed E-state index contributed by atoms with van der Waals surface area (Å²) in [5, 5.41) is 2.90. The first-order chi connectivity index (χ1) is 10.6. The molecule has 2 aliphatic rings. The van der Waals surface area contributed by atoms with Gasteiger partial charge in [-0.05, 0) is 42.4 Å². The molecular weight excluding hydrogens is 281 g/mol. The molecule has 0 radical (unpaired) electrons. The fraction of sp³-hybridized carbons (Fsp3) is 0.588. The molecule has 22 heavy (non-hydrogen) atoms. The number of benzene rings is 1. The fourth-order valence-corrected chi connectivity index (χ4v) is 3.80. The van der Waals surface area contributed by atoms with Gasteiger partial charge < -0.3 is 11.1 Å². The van der Waals surface area contributed by atoms with Crippen LogP contribution in [0.5, 0.6) is 0 Å². The van der Waals surface area contributed by atoms with E-state index in [1.165, 1.54) is 25.0 Å². The summed E-state index contributed by atoms with van der Waals surface area (Å²) in [4.78, 5) is 14.3. The zero-order valence-corrected chi connectivity index (χ0v) is 12.8. The molecular formula is C17H24FN3O. The van der Waals surface area contributed by atoms with Gasteiger partial charge in [0.15, 0.2) is 0 Å². The Balaban J connectivity index is 1.45. The largest absolute Gasteiger partial charge is 0.351 e. The van der Waals surface area contributed by atoms with Crippen LogP contribution in [0.3, 0.4) is 0 Å². The van der Waals surface area contributed by atoms with Crippen molar-refractivity contribution in [3.63, 3.8) is 0 Å². The Hall–Kier alpha value is -1.46. The number of likely N-dealkylation sites (tertiary alicyclic amines) is 1. The van der Waals surface area contributed by atoms with Crippen LogP contribution in [0, 0.1) is 17.7 Å². The Morgan fingerprint density at radius 1 is 1.27 bits per heavy atom. The maximum absolute atomic E-state index is 12.8. The van der Waals surface area contributed by atoms with Gasteiger partial charge in [0.2, 0.25) is 5.91 Å². The topological polar surface area (TPSA) is 58.4 Å². The number of halogens is 1. The number of carbonyl (C=O) groups excluding carboxylic acids is 1. The van der Waals surface area contributed by atoms with Crippen LogP contribution in [0.2, 0.25) is 0 Å². The Morgan fingerprint density at radius 2 is 2.05 bits per heavy atom. The van der Waals surface area contributed by atoms with Crippen LogP contribution in [0.1, 0.15) is 24.8 Å². The molecule has 120 valence electrons. The summed E-state index contributed by atoms with van der Waals surface area (Å²) >= 11 is 0. The molecule has 3 N–H and O–H groups in total. The number of nitrogens with one attached hydrogen (secondary N) is 1. The fourth-order valence-electron chi connectivity index (χ4n) is 3.80. The van der Waals surface area contributed by atoms with Gasteiger partial charge in [-0.25, -0.2) is 4.39 Å². The number of nitrogens with two attached hydrogens (primary N) is 1. The molecule has 1 aliphatic carbocycles. The molecule has 1 aromatic rings. The molecule has 4 nitrogen and oxygen atoms in total. The zero-order valence-electron chi connectivity index (χ0n) is 12.8. The molecule has 0 aromatic heterocycles. The van der Waals surface area contributed by atoms with E-state index in [1.54, 1.807) is 12.1 Å². The van der Waals surface area contributed by atoms with E-state index in [2.05, 4.69) is 10.2 Å². The Morgan fingerprint density at radius 3 is 2.77 bits per heavy atom. The van der Waals surface area contributed by atoms with Crippen molar-refractivity contribution in [3.8, 4) is 0 Å². The predicted octanol–water partition coefficient (Wildman–Crippen LogP) is 1.50. The van der Waals surface area contributed by atoms with Crippen LogP contribution in [-0.2, 0) is 11.3 Å². The lowest BCUT2D eigenvalue weighted by Crippen LogP contribution is -2.39. The average Bonchev–Trinajstić information content (AvgIpc) is 2.90. The Kier molecular flexibility index (Phi) is 4.74. The van der Waals surface area contributed by atoms with Gasteiger partial charge in [0, 0.05) is 25.7 Å². The minimum Gasteiger partial charge on any atom is -0.351 e. The van der Waals surface area contributed by atoms with E-state index in [-0.39, 0.29) is 11.7 Å². The minimum absolute atomic E-state index is 0.0246. The van der Waals surface area contributed by atoms with Crippen LogP contribution in [0.25, 0.3) is 0 Å². The van der Waals surface area contributed by atoms with Crippen molar-refractivity contribution in [3.05, 3.63) is 35.6 Å². The highest BCUT2D eigenvalue weighted by Gasteiger charge is 2.38. The average molecular weight is 305 g/mol. The number of nitrogens with zero attached hydrogens (tertiary/aromatic N) is 1. The summed E-state index contributed by atoms with van der Waals surface area (Å²) in [6.07, 6.45) is 3.57. The first-order valence-electron chi connectivity index (χ1n) is 8.11. The van der Waals surface area contributed by atoms with Crippen LogP contribution in [0.15, 0.2) is 24.3 Å². The Bertz CT molecular complexity index is 519. The normalized spacial score (nSPS) is 28.4. The highest BCUT2D eigenvalue weighted by molar-refractivity contribution is 5.78. The van der Waals surface area contributed by atoms with E-state index < -0.39 is 0 Å². The van der Waals surface area contributed by atoms with Gasteiger partial charge in [-0.2, -0.15) is 0 Å². The monoisotopic (exact) mass is 305 g/mol. The van der Waals surface area contributed by atoms with Gasteiger partial charge in [0.05, 0.1) is 6.54 Å². The van der Waals surface area contributed by atoms with Crippen LogP contribution in [-0.4, -0.2) is 36.5 Å². The SMILES string of the molecule is NC1CCCC2CN(CC(=O)NCc3ccc(F)cc3)CC12. The number of rotatable bonds is 4. The summed E-state index contributed by atoms with van der Waals surface area (Å²) in [5.74, 6) is 0.981. The number of carbonyl (C=O) groups is 1. The van der Waals surface area contributed by atoms with E-state index in [4.69, 9.17) is 5.73 Å². The maximum atomic E-state index is 12.8.